The zero-order valence-electron chi connectivity index (χ0n) is 10.6. The maximum atomic E-state index is 11.3. The number of esters is 2. The Morgan fingerprint density at radius 2 is 1.63 bits per heavy atom. The molecule has 19 heavy (non-hydrogen) atoms. The van der Waals surface area contributed by atoms with E-state index in [4.69, 9.17) is 21.1 Å². The summed E-state index contributed by atoms with van der Waals surface area (Å²) in [7, 11) is 0. The van der Waals surface area contributed by atoms with Crippen LogP contribution in [0.4, 0.5) is 0 Å². The molecule has 0 atom stereocenters. The minimum Gasteiger partial charge on any atom is -0.427 e. The van der Waals surface area contributed by atoms with Crippen LogP contribution < -0.4 is 9.47 Å². The maximum Gasteiger partial charge on any atom is 0.310 e. The normalized spacial score (nSPS) is 9.84. The molecule has 0 aliphatic heterocycles. The van der Waals surface area contributed by atoms with Crippen molar-refractivity contribution >= 4 is 28.8 Å². The Kier molecular flexibility index (Phi) is 5.51. The van der Waals surface area contributed by atoms with Gasteiger partial charge in [0, 0.05) is 12.8 Å². The van der Waals surface area contributed by atoms with Crippen LogP contribution in [0.2, 0.25) is 0 Å². The fourth-order valence-corrected chi connectivity index (χ4v) is 1.36. The Hall–Kier alpha value is -1.88. The summed E-state index contributed by atoms with van der Waals surface area (Å²) in [4.78, 5) is 33.6. The summed E-state index contributed by atoms with van der Waals surface area (Å²) in [6.07, 6.45) is 0.374. The number of halogens is 1. The van der Waals surface area contributed by atoms with Crippen molar-refractivity contribution in [3.05, 3.63) is 23.8 Å². The van der Waals surface area contributed by atoms with Gasteiger partial charge in [0.05, 0.1) is 5.56 Å². The van der Waals surface area contributed by atoms with Crippen LogP contribution in [0, 0.1) is 0 Å². The summed E-state index contributed by atoms with van der Waals surface area (Å²) in [5, 5.41) is -0.798. The topological polar surface area (TPSA) is 69.7 Å². The molecule has 0 bridgehead atoms. The van der Waals surface area contributed by atoms with Gasteiger partial charge in [-0.05, 0) is 29.8 Å². The van der Waals surface area contributed by atoms with Crippen LogP contribution in [0.15, 0.2) is 18.2 Å². The van der Waals surface area contributed by atoms with E-state index in [1.54, 1.807) is 13.8 Å². The van der Waals surface area contributed by atoms with E-state index in [-0.39, 0.29) is 29.9 Å². The Labute approximate surface area is 115 Å². The van der Waals surface area contributed by atoms with Crippen LogP contribution >= 0.6 is 11.6 Å². The van der Waals surface area contributed by atoms with E-state index in [0.29, 0.717) is 0 Å². The summed E-state index contributed by atoms with van der Waals surface area (Å²) in [5.74, 6) is -0.709. The fraction of sp³-hybridized carbons (Fsp3) is 0.308. The highest BCUT2D eigenvalue weighted by Crippen LogP contribution is 2.26. The molecule has 0 saturated heterocycles. The average Bonchev–Trinajstić information content (AvgIpc) is 2.39. The van der Waals surface area contributed by atoms with E-state index in [0.717, 1.165) is 0 Å². The Balaban J connectivity index is 3.04. The number of carbonyl (C=O) groups excluding carboxylic acids is 3. The first-order chi connectivity index (χ1) is 8.97. The standard InChI is InChI=1S/C13H13ClO5/c1-3-11(15)18-8-5-6-10(19-12(16)4-2)9(7-8)13(14)17/h5-7H,3-4H2,1-2H3. The lowest BCUT2D eigenvalue weighted by Crippen LogP contribution is -2.10. The Bertz CT molecular complexity index is 510. The van der Waals surface area contributed by atoms with E-state index in [2.05, 4.69) is 0 Å². The molecule has 0 heterocycles. The summed E-state index contributed by atoms with van der Waals surface area (Å²) in [6, 6.07) is 4.05. The molecule has 1 aromatic carbocycles. The monoisotopic (exact) mass is 284 g/mol. The molecule has 0 unspecified atom stereocenters. The van der Waals surface area contributed by atoms with Gasteiger partial charge in [0.25, 0.3) is 5.24 Å². The van der Waals surface area contributed by atoms with Gasteiger partial charge in [-0.25, -0.2) is 0 Å². The summed E-state index contributed by atoms with van der Waals surface area (Å²) in [5.41, 5.74) is -0.0233. The van der Waals surface area contributed by atoms with E-state index in [1.807, 2.05) is 0 Å². The minimum atomic E-state index is -0.798. The molecule has 0 radical (unpaired) electrons. The quantitative estimate of drug-likeness (QED) is 0.472. The van der Waals surface area contributed by atoms with Crippen molar-refractivity contribution in [1.82, 2.24) is 0 Å². The lowest BCUT2D eigenvalue weighted by molar-refractivity contribution is -0.135. The molecule has 5 nitrogen and oxygen atoms in total. The van der Waals surface area contributed by atoms with Crippen molar-refractivity contribution < 1.29 is 23.9 Å². The minimum absolute atomic E-state index is 0.0233. The second kappa shape index (κ2) is 6.89. The number of ether oxygens (including phenoxy) is 2. The van der Waals surface area contributed by atoms with Crippen LogP contribution in [0.5, 0.6) is 11.5 Å². The molecular formula is C13H13ClO5. The molecule has 0 N–H and O–H groups in total. The van der Waals surface area contributed by atoms with Crippen LogP contribution in [-0.4, -0.2) is 17.2 Å². The molecule has 0 amide bonds. The zero-order chi connectivity index (χ0) is 14.4. The number of hydrogen-bond donors (Lipinski definition) is 0. The molecule has 0 aliphatic carbocycles. The van der Waals surface area contributed by atoms with Gasteiger partial charge in [-0.2, -0.15) is 0 Å². The first-order valence-electron chi connectivity index (χ1n) is 5.73. The predicted molar refractivity (Wildman–Crippen MR) is 68.5 cm³/mol. The SMILES string of the molecule is CCC(=O)Oc1ccc(OC(=O)CC)c(C(=O)Cl)c1. The number of hydrogen-bond acceptors (Lipinski definition) is 5. The summed E-state index contributed by atoms with van der Waals surface area (Å²) < 4.78 is 9.91. The van der Waals surface area contributed by atoms with Gasteiger partial charge in [0.15, 0.2) is 0 Å². The van der Waals surface area contributed by atoms with Gasteiger partial charge in [-0.3, -0.25) is 14.4 Å². The Morgan fingerprint density at radius 3 is 2.16 bits per heavy atom. The van der Waals surface area contributed by atoms with Gasteiger partial charge in [0.1, 0.15) is 11.5 Å². The fourth-order valence-electron chi connectivity index (χ4n) is 1.21. The van der Waals surface area contributed by atoms with Crippen LogP contribution in [0.3, 0.4) is 0 Å². The van der Waals surface area contributed by atoms with E-state index < -0.39 is 17.2 Å². The smallest absolute Gasteiger partial charge is 0.310 e. The molecule has 0 spiro atoms. The lowest BCUT2D eigenvalue weighted by atomic mass is 10.2. The molecule has 0 aliphatic rings. The average molecular weight is 285 g/mol. The van der Waals surface area contributed by atoms with Crippen LogP contribution in [0.1, 0.15) is 37.0 Å². The molecular weight excluding hydrogens is 272 g/mol. The van der Waals surface area contributed by atoms with Crippen LogP contribution in [0.25, 0.3) is 0 Å². The number of rotatable bonds is 5. The van der Waals surface area contributed by atoms with E-state index >= 15 is 0 Å². The van der Waals surface area contributed by atoms with Gasteiger partial charge >= 0.3 is 11.9 Å². The van der Waals surface area contributed by atoms with Crippen molar-refractivity contribution in [3.8, 4) is 11.5 Å². The molecule has 1 aromatic rings. The van der Waals surface area contributed by atoms with Crippen molar-refractivity contribution in [3.63, 3.8) is 0 Å². The van der Waals surface area contributed by atoms with Gasteiger partial charge < -0.3 is 9.47 Å². The highest BCUT2D eigenvalue weighted by atomic mass is 35.5. The highest BCUT2D eigenvalue weighted by molar-refractivity contribution is 6.68. The van der Waals surface area contributed by atoms with Crippen molar-refractivity contribution in [1.29, 1.82) is 0 Å². The molecule has 0 aromatic heterocycles. The summed E-state index contributed by atoms with van der Waals surface area (Å²) >= 11 is 5.41. The second-order valence-electron chi connectivity index (χ2n) is 3.59. The summed E-state index contributed by atoms with van der Waals surface area (Å²) in [6.45, 7) is 3.27. The first kappa shape index (κ1) is 15.2. The van der Waals surface area contributed by atoms with E-state index in [9.17, 15) is 14.4 Å². The first-order valence-corrected chi connectivity index (χ1v) is 6.11. The van der Waals surface area contributed by atoms with Gasteiger partial charge in [0.2, 0.25) is 0 Å². The molecule has 102 valence electrons. The predicted octanol–water partition coefficient (Wildman–Crippen LogP) is 2.70. The highest BCUT2D eigenvalue weighted by Gasteiger charge is 2.15. The van der Waals surface area contributed by atoms with Crippen molar-refractivity contribution in [2.75, 3.05) is 0 Å². The molecule has 0 saturated carbocycles. The largest absolute Gasteiger partial charge is 0.427 e. The maximum absolute atomic E-state index is 11.3. The third-order valence-corrected chi connectivity index (χ3v) is 2.40. The molecule has 6 heteroatoms. The number of carbonyl (C=O) groups is 3. The molecule has 0 fully saturated rings. The van der Waals surface area contributed by atoms with Crippen molar-refractivity contribution in [2.24, 2.45) is 0 Å². The van der Waals surface area contributed by atoms with Crippen LogP contribution in [-0.2, 0) is 9.59 Å². The second-order valence-corrected chi connectivity index (χ2v) is 3.93. The van der Waals surface area contributed by atoms with E-state index in [1.165, 1.54) is 18.2 Å². The van der Waals surface area contributed by atoms with Gasteiger partial charge in [-0.1, -0.05) is 13.8 Å². The molecule has 1 rings (SSSR count). The Morgan fingerprint density at radius 1 is 1.05 bits per heavy atom. The van der Waals surface area contributed by atoms with Gasteiger partial charge in [-0.15, -0.1) is 0 Å². The number of benzene rings is 1. The lowest BCUT2D eigenvalue weighted by Gasteiger charge is -2.09. The third-order valence-electron chi connectivity index (χ3n) is 2.20. The van der Waals surface area contributed by atoms with Crippen molar-refractivity contribution in [2.45, 2.75) is 26.7 Å². The third kappa shape index (κ3) is 4.37. The zero-order valence-corrected chi connectivity index (χ0v) is 11.3.